The number of anilines is 2. The molecule has 1 aliphatic rings. The van der Waals surface area contributed by atoms with Gasteiger partial charge in [-0.1, -0.05) is 36.6 Å². The van der Waals surface area contributed by atoms with Crippen LogP contribution >= 0.6 is 11.6 Å². The smallest absolute Gasteiger partial charge is 0.257 e. The van der Waals surface area contributed by atoms with E-state index in [2.05, 4.69) is 20.0 Å². The Labute approximate surface area is 192 Å². The van der Waals surface area contributed by atoms with E-state index >= 15 is 0 Å². The Morgan fingerprint density at radius 2 is 1.69 bits per heavy atom. The van der Waals surface area contributed by atoms with Crippen LogP contribution < -0.4 is 10.0 Å². The maximum absolute atomic E-state index is 13.1. The zero-order valence-electron chi connectivity index (χ0n) is 17.5. The minimum Gasteiger partial charge on any atom is -0.305 e. The number of nitrogens with one attached hydrogen (secondary N) is 2. The molecule has 1 aromatic heterocycles. The van der Waals surface area contributed by atoms with Gasteiger partial charge in [0.05, 0.1) is 28.6 Å². The molecule has 172 valence electrons. The number of rotatable bonds is 7. The molecule has 32 heavy (non-hydrogen) atoms. The number of sulfone groups is 1. The molecule has 0 aliphatic heterocycles. The van der Waals surface area contributed by atoms with Gasteiger partial charge in [0.2, 0.25) is 10.0 Å². The van der Waals surface area contributed by atoms with Crippen molar-refractivity contribution in [3.8, 4) is 0 Å². The lowest BCUT2D eigenvalue weighted by Gasteiger charge is -2.13. The van der Waals surface area contributed by atoms with Crippen LogP contribution in [0.1, 0.15) is 31.2 Å². The number of hydrogen-bond acceptors (Lipinski definition) is 7. The maximum atomic E-state index is 13.1. The van der Waals surface area contributed by atoms with Gasteiger partial charge in [0.25, 0.3) is 5.91 Å². The summed E-state index contributed by atoms with van der Waals surface area (Å²) in [4.78, 5) is 21.0. The monoisotopic (exact) mass is 498 g/mol. The van der Waals surface area contributed by atoms with Crippen LogP contribution in [0, 0.1) is 5.92 Å². The largest absolute Gasteiger partial charge is 0.305 e. The average Bonchev–Trinajstić information content (AvgIpc) is 3.18. The second kappa shape index (κ2) is 9.55. The summed E-state index contributed by atoms with van der Waals surface area (Å²) >= 11 is 6.19. The van der Waals surface area contributed by atoms with Crippen molar-refractivity contribution in [3.05, 3.63) is 47.3 Å². The SMILES string of the molecule is CS(=O)(=O)Nc1cnc(NC(=O)/C(=C/C2CCCC2)c2ccc(S(C)(=O)=O)c(Cl)c2)cn1. The Morgan fingerprint density at radius 1 is 1.06 bits per heavy atom. The standard InChI is InChI=1S/C20H23ClN4O5S2/c1-31(27,28)17-8-7-14(10-16(17)21)15(9-13-5-3-4-6-13)20(26)24-18-11-23-19(12-22-18)25-32(2,29)30/h7-13H,3-6H2,1-2H3,(H,23,25)(H,22,24,26)/b15-9+. The molecule has 0 saturated heterocycles. The van der Waals surface area contributed by atoms with Crippen LogP contribution in [0.25, 0.3) is 5.57 Å². The predicted molar refractivity (Wildman–Crippen MR) is 124 cm³/mol. The van der Waals surface area contributed by atoms with Gasteiger partial charge in [-0.2, -0.15) is 0 Å². The highest BCUT2D eigenvalue weighted by atomic mass is 35.5. The van der Waals surface area contributed by atoms with E-state index in [1.165, 1.54) is 24.5 Å². The number of nitrogens with zero attached hydrogens (tertiary/aromatic N) is 2. The zero-order chi connectivity index (χ0) is 23.5. The fourth-order valence-electron chi connectivity index (χ4n) is 3.45. The summed E-state index contributed by atoms with van der Waals surface area (Å²) in [6.45, 7) is 0. The molecule has 0 radical (unpaired) electrons. The fraction of sp³-hybridized carbons (Fsp3) is 0.350. The summed E-state index contributed by atoms with van der Waals surface area (Å²) in [5.74, 6) is -0.0877. The van der Waals surface area contributed by atoms with Crippen LogP contribution in [-0.4, -0.2) is 45.2 Å². The minimum atomic E-state index is -3.50. The van der Waals surface area contributed by atoms with E-state index in [9.17, 15) is 21.6 Å². The van der Waals surface area contributed by atoms with Gasteiger partial charge in [0, 0.05) is 11.8 Å². The molecule has 0 atom stereocenters. The number of hydrogen-bond donors (Lipinski definition) is 2. The van der Waals surface area contributed by atoms with Crippen LogP contribution in [0.2, 0.25) is 5.02 Å². The third kappa shape index (κ3) is 6.50. The quantitative estimate of drug-likeness (QED) is 0.560. The highest BCUT2D eigenvalue weighted by Crippen LogP contribution is 2.32. The number of carbonyl (C=O) groups excluding carboxylic acids is 1. The molecule has 0 unspecified atom stereocenters. The van der Waals surface area contributed by atoms with Gasteiger partial charge in [-0.3, -0.25) is 9.52 Å². The molecule has 1 aliphatic carbocycles. The van der Waals surface area contributed by atoms with Crippen LogP contribution in [0.4, 0.5) is 11.6 Å². The molecule has 1 heterocycles. The van der Waals surface area contributed by atoms with Crippen molar-refractivity contribution in [2.24, 2.45) is 5.92 Å². The highest BCUT2D eigenvalue weighted by Gasteiger charge is 2.21. The number of carbonyl (C=O) groups is 1. The summed E-state index contributed by atoms with van der Waals surface area (Å²) in [6, 6.07) is 4.39. The Morgan fingerprint density at radius 3 is 2.22 bits per heavy atom. The van der Waals surface area contributed by atoms with E-state index in [-0.39, 0.29) is 27.5 Å². The second-order valence-corrected chi connectivity index (χ2v) is 11.8. The Balaban J connectivity index is 1.89. The van der Waals surface area contributed by atoms with Crippen molar-refractivity contribution < 1.29 is 21.6 Å². The third-order valence-electron chi connectivity index (χ3n) is 4.87. The van der Waals surface area contributed by atoms with Crippen molar-refractivity contribution in [3.63, 3.8) is 0 Å². The second-order valence-electron chi connectivity index (χ2n) is 7.66. The summed E-state index contributed by atoms with van der Waals surface area (Å²) in [6.07, 6.45) is 10.4. The van der Waals surface area contributed by atoms with E-state index in [0.717, 1.165) is 38.2 Å². The van der Waals surface area contributed by atoms with Crippen molar-refractivity contribution in [2.75, 3.05) is 22.6 Å². The topological polar surface area (TPSA) is 135 Å². The molecule has 0 spiro atoms. The Bertz CT molecular complexity index is 1250. The first-order chi connectivity index (χ1) is 14.9. The number of halogens is 1. The summed E-state index contributed by atoms with van der Waals surface area (Å²) in [7, 11) is -7.00. The lowest BCUT2D eigenvalue weighted by atomic mass is 9.98. The molecule has 2 N–H and O–H groups in total. The molecule has 1 aromatic carbocycles. The number of benzene rings is 1. The van der Waals surface area contributed by atoms with Gasteiger partial charge in [-0.15, -0.1) is 0 Å². The fourth-order valence-corrected chi connectivity index (χ4v) is 5.27. The van der Waals surface area contributed by atoms with E-state index in [1.807, 2.05) is 6.08 Å². The van der Waals surface area contributed by atoms with Gasteiger partial charge in [0.1, 0.15) is 0 Å². The lowest BCUT2D eigenvalue weighted by Crippen LogP contribution is -2.16. The first-order valence-corrected chi connectivity index (χ1v) is 13.9. The minimum absolute atomic E-state index is 0.0108. The van der Waals surface area contributed by atoms with E-state index in [4.69, 9.17) is 11.6 Å². The van der Waals surface area contributed by atoms with Crippen LogP contribution in [0.3, 0.4) is 0 Å². The first kappa shape index (κ1) is 24.1. The number of sulfonamides is 1. The number of amides is 1. The Kier molecular flexibility index (Phi) is 7.21. The van der Waals surface area contributed by atoms with E-state index in [1.54, 1.807) is 6.07 Å². The van der Waals surface area contributed by atoms with Gasteiger partial charge in [-0.05, 0) is 36.5 Å². The molecule has 3 rings (SSSR count). The summed E-state index contributed by atoms with van der Waals surface area (Å²) < 4.78 is 48.5. The van der Waals surface area contributed by atoms with Gasteiger partial charge in [0.15, 0.2) is 21.5 Å². The Hall–Kier alpha value is -2.50. The molecule has 0 bridgehead atoms. The molecule has 1 fully saturated rings. The molecule has 9 nitrogen and oxygen atoms in total. The van der Waals surface area contributed by atoms with Gasteiger partial charge >= 0.3 is 0 Å². The van der Waals surface area contributed by atoms with Crippen LogP contribution in [0.5, 0.6) is 0 Å². The number of allylic oxidation sites excluding steroid dienone is 1. The summed E-state index contributed by atoms with van der Waals surface area (Å²) in [5, 5.41) is 2.68. The van der Waals surface area contributed by atoms with Crippen LogP contribution in [0.15, 0.2) is 41.6 Å². The predicted octanol–water partition coefficient (Wildman–Crippen LogP) is 3.12. The summed E-state index contributed by atoms with van der Waals surface area (Å²) in [5.41, 5.74) is 0.828. The van der Waals surface area contributed by atoms with Crippen molar-refractivity contribution >= 4 is 54.6 Å². The van der Waals surface area contributed by atoms with Crippen molar-refractivity contribution in [1.82, 2.24) is 9.97 Å². The molecular weight excluding hydrogens is 476 g/mol. The normalized spacial score (nSPS) is 15.5. The van der Waals surface area contributed by atoms with Gasteiger partial charge < -0.3 is 5.32 Å². The van der Waals surface area contributed by atoms with Crippen LogP contribution in [-0.2, 0) is 24.7 Å². The number of aromatic nitrogens is 2. The highest BCUT2D eigenvalue weighted by molar-refractivity contribution is 7.92. The maximum Gasteiger partial charge on any atom is 0.257 e. The molecule has 2 aromatic rings. The molecular formula is C20H23ClN4O5S2. The van der Waals surface area contributed by atoms with Crippen molar-refractivity contribution in [1.29, 1.82) is 0 Å². The third-order valence-corrected chi connectivity index (χ3v) is 7.03. The lowest BCUT2D eigenvalue weighted by molar-refractivity contribution is -0.111. The molecule has 1 saturated carbocycles. The van der Waals surface area contributed by atoms with Gasteiger partial charge in [-0.25, -0.2) is 26.8 Å². The average molecular weight is 499 g/mol. The zero-order valence-corrected chi connectivity index (χ0v) is 19.9. The molecule has 12 heteroatoms. The van der Waals surface area contributed by atoms with Crippen molar-refractivity contribution in [2.45, 2.75) is 30.6 Å². The van der Waals surface area contributed by atoms with E-state index < -0.39 is 25.8 Å². The first-order valence-electron chi connectivity index (χ1n) is 9.75. The molecule has 1 amide bonds. The van der Waals surface area contributed by atoms with E-state index in [0.29, 0.717) is 11.1 Å².